The quantitative estimate of drug-likeness (QED) is 0.501. The summed E-state index contributed by atoms with van der Waals surface area (Å²) >= 11 is 17.5. The monoisotopic (exact) mass is 427 g/mol. The average Bonchev–Trinajstić information content (AvgIpc) is 2.61. The number of rotatable bonds is 7. The van der Waals surface area contributed by atoms with Crippen molar-refractivity contribution in [3.05, 3.63) is 57.5 Å². The fraction of sp³-hybridized carbons (Fsp3) is 0.167. The Morgan fingerprint density at radius 3 is 2.33 bits per heavy atom. The summed E-state index contributed by atoms with van der Waals surface area (Å²) < 4.78 is 5.29. The highest BCUT2D eigenvalue weighted by molar-refractivity contribution is 6.35. The number of nitrogens with zero attached hydrogens (tertiary/aromatic N) is 1. The molecule has 0 aliphatic heterocycles. The molecule has 0 radical (unpaired) electrons. The first-order valence-corrected chi connectivity index (χ1v) is 8.92. The highest BCUT2D eigenvalue weighted by Crippen LogP contribution is 2.27. The Labute approximate surface area is 171 Å². The standard InChI is InChI=1S/C18H16Cl3N3O3/c1-11(8-17(25)22-14-5-2-12(19)3-6-14)23-24-18(26)10-27-16-7-4-13(20)9-15(16)21/h2-7,9H,8,10H2,1H3,(H,22,25)(H,24,26)/b23-11+. The number of amides is 2. The Bertz CT molecular complexity index is 855. The smallest absolute Gasteiger partial charge is 0.277 e. The van der Waals surface area contributed by atoms with Gasteiger partial charge in [0.25, 0.3) is 5.91 Å². The van der Waals surface area contributed by atoms with Crippen LogP contribution in [-0.2, 0) is 9.59 Å². The lowest BCUT2D eigenvalue weighted by atomic mass is 10.2. The Hall–Kier alpha value is -2.28. The summed E-state index contributed by atoms with van der Waals surface area (Å²) in [5.41, 5.74) is 3.37. The van der Waals surface area contributed by atoms with Crippen molar-refractivity contribution in [3.8, 4) is 5.75 Å². The molecule has 0 fully saturated rings. The van der Waals surface area contributed by atoms with Gasteiger partial charge < -0.3 is 10.1 Å². The van der Waals surface area contributed by atoms with Crippen molar-refractivity contribution >= 4 is 58.0 Å². The molecule has 0 heterocycles. The van der Waals surface area contributed by atoms with Crippen LogP contribution in [0.25, 0.3) is 0 Å². The van der Waals surface area contributed by atoms with Crippen LogP contribution in [0.5, 0.6) is 5.75 Å². The van der Waals surface area contributed by atoms with Crippen molar-refractivity contribution in [3.63, 3.8) is 0 Å². The Kier molecular flexibility index (Phi) is 7.91. The summed E-state index contributed by atoms with van der Waals surface area (Å²) in [6.07, 6.45) is 0.0206. The van der Waals surface area contributed by atoms with E-state index in [-0.39, 0.29) is 18.9 Å². The lowest BCUT2D eigenvalue weighted by molar-refractivity contribution is -0.123. The third kappa shape index (κ3) is 7.46. The molecule has 2 aromatic rings. The zero-order chi connectivity index (χ0) is 19.8. The second-order valence-corrected chi connectivity index (χ2v) is 6.76. The van der Waals surface area contributed by atoms with Gasteiger partial charge in [-0.3, -0.25) is 9.59 Å². The SMILES string of the molecule is C/C(CC(=O)Nc1ccc(Cl)cc1)=N\NC(=O)COc1ccc(Cl)cc1Cl. The molecule has 2 amide bonds. The molecule has 0 bridgehead atoms. The maximum absolute atomic E-state index is 11.9. The minimum atomic E-state index is -0.488. The summed E-state index contributed by atoms with van der Waals surface area (Å²) in [7, 11) is 0. The van der Waals surface area contributed by atoms with Gasteiger partial charge in [-0.2, -0.15) is 5.10 Å². The summed E-state index contributed by atoms with van der Waals surface area (Å²) in [6.45, 7) is 1.34. The predicted molar refractivity (Wildman–Crippen MR) is 108 cm³/mol. The second kappa shape index (κ2) is 10.2. The Morgan fingerprint density at radius 2 is 1.67 bits per heavy atom. The zero-order valence-electron chi connectivity index (χ0n) is 14.3. The van der Waals surface area contributed by atoms with E-state index in [4.69, 9.17) is 39.5 Å². The molecule has 0 spiro atoms. The van der Waals surface area contributed by atoms with E-state index in [1.807, 2.05) is 0 Å². The third-order valence-electron chi connectivity index (χ3n) is 3.17. The molecule has 0 aliphatic carbocycles. The molecule has 142 valence electrons. The van der Waals surface area contributed by atoms with Gasteiger partial charge in [-0.1, -0.05) is 34.8 Å². The van der Waals surface area contributed by atoms with Crippen LogP contribution in [0.3, 0.4) is 0 Å². The summed E-state index contributed by atoms with van der Waals surface area (Å²) in [6, 6.07) is 11.4. The molecule has 0 atom stereocenters. The minimum Gasteiger partial charge on any atom is -0.482 e. The largest absolute Gasteiger partial charge is 0.482 e. The lowest BCUT2D eigenvalue weighted by Gasteiger charge is -2.08. The molecule has 0 aromatic heterocycles. The van der Waals surface area contributed by atoms with Crippen LogP contribution in [0, 0.1) is 0 Å². The summed E-state index contributed by atoms with van der Waals surface area (Å²) in [5, 5.41) is 7.92. The minimum absolute atomic E-state index is 0.0206. The fourth-order valence-corrected chi connectivity index (χ4v) is 2.52. The first-order valence-electron chi connectivity index (χ1n) is 7.79. The molecular formula is C18H16Cl3N3O3. The lowest BCUT2D eigenvalue weighted by Crippen LogP contribution is -2.26. The average molecular weight is 429 g/mol. The molecule has 0 aliphatic rings. The van der Waals surface area contributed by atoms with Gasteiger partial charge in [0.2, 0.25) is 5.91 Å². The molecule has 2 aromatic carbocycles. The van der Waals surface area contributed by atoms with Gasteiger partial charge in [-0.25, -0.2) is 5.43 Å². The number of nitrogens with one attached hydrogen (secondary N) is 2. The van der Waals surface area contributed by atoms with Gasteiger partial charge in [0.15, 0.2) is 6.61 Å². The first kappa shape index (κ1) is 21.0. The molecule has 2 N–H and O–H groups in total. The Balaban J connectivity index is 1.77. The van der Waals surface area contributed by atoms with Crippen LogP contribution in [0.1, 0.15) is 13.3 Å². The predicted octanol–water partition coefficient (Wildman–Crippen LogP) is 4.55. The van der Waals surface area contributed by atoms with Gasteiger partial charge in [0.1, 0.15) is 5.75 Å². The normalized spacial score (nSPS) is 11.0. The van der Waals surface area contributed by atoms with E-state index in [2.05, 4.69) is 15.8 Å². The second-order valence-electron chi connectivity index (χ2n) is 5.48. The van der Waals surface area contributed by atoms with E-state index < -0.39 is 5.91 Å². The van der Waals surface area contributed by atoms with Crippen molar-refractivity contribution in [2.75, 3.05) is 11.9 Å². The van der Waals surface area contributed by atoms with E-state index in [0.717, 1.165) is 0 Å². The number of carbonyl (C=O) groups excluding carboxylic acids is 2. The van der Waals surface area contributed by atoms with Crippen LogP contribution in [-0.4, -0.2) is 24.1 Å². The van der Waals surface area contributed by atoms with Crippen molar-refractivity contribution in [2.45, 2.75) is 13.3 Å². The van der Waals surface area contributed by atoms with Gasteiger partial charge in [0, 0.05) is 21.4 Å². The fourth-order valence-electron chi connectivity index (χ4n) is 1.94. The number of halogens is 3. The van der Waals surface area contributed by atoms with Crippen LogP contribution in [0.15, 0.2) is 47.6 Å². The maximum atomic E-state index is 11.9. The molecule has 0 saturated heterocycles. The highest BCUT2D eigenvalue weighted by atomic mass is 35.5. The highest BCUT2D eigenvalue weighted by Gasteiger charge is 2.08. The van der Waals surface area contributed by atoms with Crippen LogP contribution in [0.2, 0.25) is 15.1 Å². The molecule has 27 heavy (non-hydrogen) atoms. The molecule has 0 saturated carbocycles. The van der Waals surface area contributed by atoms with Crippen LogP contribution < -0.4 is 15.5 Å². The van der Waals surface area contributed by atoms with Crippen molar-refractivity contribution in [1.29, 1.82) is 0 Å². The summed E-state index contributed by atoms with van der Waals surface area (Å²) in [4.78, 5) is 23.7. The number of carbonyl (C=O) groups is 2. The third-order valence-corrected chi connectivity index (χ3v) is 3.95. The molecular weight excluding hydrogens is 413 g/mol. The van der Waals surface area contributed by atoms with E-state index >= 15 is 0 Å². The van der Waals surface area contributed by atoms with Gasteiger partial charge >= 0.3 is 0 Å². The van der Waals surface area contributed by atoms with Crippen LogP contribution in [0.4, 0.5) is 5.69 Å². The number of anilines is 1. The van der Waals surface area contributed by atoms with Gasteiger partial charge in [-0.15, -0.1) is 0 Å². The number of benzene rings is 2. The van der Waals surface area contributed by atoms with E-state index in [0.29, 0.717) is 32.2 Å². The topological polar surface area (TPSA) is 79.8 Å². The maximum Gasteiger partial charge on any atom is 0.277 e. The number of hydrogen-bond donors (Lipinski definition) is 2. The molecule has 2 rings (SSSR count). The van der Waals surface area contributed by atoms with E-state index in [1.54, 1.807) is 43.3 Å². The van der Waals surface area contributed by atoms with Gasteiger partial charge in [-0.05, 0) is 49.4 Å². The van der Waals surface area contributed by atoms with Crippen molar-refractivity contribution < 1.29 is 14.3 Å². The van der Waals surface area contributed by atoms with Crippen molar-refractivity contribution in [1.82, 2.24) is 5.43 Å². The molecule has 6 nitrogen and oxygen atoms in total. The first-order chi connectivity index (χ1) is 12.8. The molecule has 0 unspecified atom stereocenters. The zero-order valence-corrected chi connectivity index (χ0v) is 16.5. The Morgan fingerprint density at radius 1 is 1.00 bits per heavy atom. The number of hydrazone groups is 1. The number of ether oxygens (including phenoxy) is 1. The van der Waals surface area contributed by atoms with Gasteiger partial charge in [0.05, 0.1) is 11.4 Å². The van der Waals surface area contributed by atoms with Crippen molar-refractivity contribution in [2.24, 2.45) is 5.10 Å². The number of hydrogen-bond acceptors (Lipinski definition) is 4. The van der Waals surface area contributed by atoms with E-state index in [1.165, 1.54) is 6.07 Å². The van der Waals surface area contributed by atoms with E-state index in [9.17, 15) is 9.59 Å². The summed E-state index contributed by atoms with van der Waals surface area (Å²) in [5.74, 6) is -0.422. The van der Waals surface area contributed by atoms with Crippen LogP contribution >= 0.6 is 34.8 Å². The molecule has 9 heteroatoms.